The van der Waals surface area contributed by atoms with E-state index < -0.39 is 5.82 Å². The van der Waals surface area contributed by atoms with E-state index in [-0.39, 0.29) is 11.6 Å². The monoisotopic (exact) mass is 390 g/mol. The fourth-order valence-electron chi connectivity index (χ4n) is 2.57. The van der Waals surface area contributed by atoms with Crippen molar-refractivity contribution in [3.05, 3.63) is 58.7 Å². The van der Waals surface area contributed by atoms with E-state index in [1.807, 2.05) is 24.3 Å². The summed E-state index contributed by atoms with van der Waals surface area (Å²) in [6.07, 6.45) is 2.58. The zero-order chi connectivity index (χ0) is 17.6. The molecule has 0 saturated heterocycles. The van der Waals surface area contributed by atoms with E-state index in [2.05, 4.69) is 15.0 Å². The molecule has 0 aliphatic heterocycles. The van der Waals surface area contributed by atoms with Crippen LogP contribution < -0.4 is 5.73 Å². The molecule has 8 heteroatoms. The van der Waals surface area contributed by atoms with E-state index in [1.165, 1.54) is 17.5 Å². The zero-order valence-electron chi connectivity index (χ0n) is 12.5. The van der Waals surface area contributed by atoms with Gasteiger partial charge in [-0.15, -0.1) is 11.3 Å². The van der Waals surface area contributed by atoms with Crippen LogP contribution in [0.15, 0.2) is 42.7 Å². The summed E-state index contributed by atoms with van der Waals surface area (Å²) in [4.78, 5) is 12.3. The Kier molecular flexibility index (Phi) is 4.03. The van der Waals surface area contributed by atoms with E-state index in [1.54, 1.807) is 6.07 Å². The first-order valence-electron chi connectivity index (χ1n) is 7.15. The lowest BCUT2D eigenvalue weighted by Gasteiger charge is -2.06. The van der Waals surface area contributed by atoms with E-state index in [0.717, 1.165) is 27.4 Å². The SMILES string of the molecule is Nc1ncc(F)c(-c2cc3cccc(-c4cc(Cl)ncc4Cl)c3s2)n1. The second-order valence-electron chi connectivity index (χ2n) is 5.25. The molecule has 3 heterocycles. The van der Waals surface area contributed by atoms with Crippen molar-refractivity contribution < 1.29 is 4.39 Å². The predicted octanol–water partition coefficient (Wildman–Crippen LogP) is 5.45. The Bertz CT molecular complexity index is 1110. The third-order valence-corrected chi connectivity index (χ3v) is 5.35. The normalized spacial score (nSPS) is 11.2. The molecule has 4 aromatic rings. The summed E-state index contributed by atoms with van der Waals surface area (Å²) in [6, 6.07) is 9.36. The highest BCUT2D eigenvalue weighted by atomic mass is 35.5. The van der Waals surface area contributed by atoms with Gasteiger partial charge in [0, 0.05) is 22.0 Å². The van der Waals surface area contributed by atoms with Crippen molar-refractivity contribution in [1.29, 1.82) is 0 Å². The first-order chi connectivity index (χ1) is 12.0. The lowest BCUT2D eigenvalue weighted by atomic mass is 10.1. The molecule has 0 fully saturated rings. The van der Waals surface area contributed by atoms with Crippen LogP contribution in [0.3, 0.4) is 0 Å². The molecule has 0 aliphatic carbocycles. The van der Waals surface area contributed by atoms with Gasteiger partial charge in [-0.2, -0.15) is 0 Å². The largest absolute Gasteiger partial charge is 0.368 e. The fourth-order valence-corrected chi connectivity index (χ4v) is 4.11. The first kappa shape index (κ1) is 16.2. The lowest BCUT2D eigenvalue weighted by Crippen LogP contribution is -1.97. The molecule has 0 unspecified atom stereocenters. The second kappa shape index (κ2) is 6.22. The smallest absolute Gasteiger partial charge is 0.220 e. The molecule has 0 atom stereocenters. The topological polar surface area (TPSA) is 64.7 Å². The van der Waals surface area contributed by atoms with Crippen molar-refractivity contribution in [3.8, 4) is 21.7 Å². The Balaban J connectivity index is 1.96. The summed E-state index contributed by atoms with van der Waals surface area (Å²) in [5.41, 5.74) is 7.43. The molecule has 3 aromatic heterocycles. The van der Waals surface area contributed by atoms with Gasteiger partial charge in [0.25, 0.3) is 0 Å². The van der Waals surface area contributed by atoms with Crippen molar-refractivity contribution in [2.75, 3.05) is 5.73 Å². The van der Waals surface area contributed by atoms with Crippen LogP contribution in [0.2, 0.25) is 10.2 Å². The highest BCUT2D eigenvalue weighted by Gasteiger charge is 2.16. The average molecular weight is 391 g/mol. The number of nitrogens with zero attached hydrogens (tertiary/aromatic N) is 3. The maximum Gasteiger partial charge on any atom is 0.220 e. The number of fused-ring (bicyclic) bond motifs is 1. The van der Waals surface area contributed by atoms with Crippen LogP contribution in [0.1, 0.15) is 0 Å². The molecule has 0 amide bonds. The zero-order valence-corrected chi connectivity index (χ0v) is 14.8. The number of anilines is 1. The summed E-state index contributed by atoms with van der Waals surface area (Å²) < 4.78 is 15.0. The molecule has 0 radical (unpaired) electrons. The van der Waals surface area contributed by atoms with Gasteiger partial charge >= 0.3 is 0 Å². The van der Waals surface area contributed by atoms with Gasteiger partial charge in [0.2, 0.25) is 5.95 Å². The molecule has 124 valence electrons. The van der Waals surface area contributed by atoms with Gasteiger partial charge in [0.1, 0.15) is 10.8 Å². The highest BCUT2D eigenvalue weighted by molar-refractivity contribution is 7.22. The Morgan fingerprint density at radius 2 is 1.88 bits per heavy atom. The molecule has 25 heavy (non-hydrogen) atoms. The van der Waals surface area contributed by atoms with Gasteiger partial charge in [0.15, 0.2) is 5.82 Å². The third-order valence-electron chi connectivity index (χ3n) is 3.65. The number of thiophene rings is 1. The Morgan fingerprint density at radius 1 is 1.04 bits per heavy atom. The molecular formula is C17H9Cl2FN4S. The number of pyridine rings is 1. The molecule has 4 rings (SSSR count). The van der Waals surface area contributed by atoms with Crippen molar-refractivity contribution in [3.63, 3.8) is 0 Å². The van der Waals surface area contributed by atoms with Crippen molar-refractivity contribution in [2.45, 2.75) is 0 Å². The van der Waals surface area contributed by atoms with Crippen LogP contribution in [0.25, 0.3) is 31.8 Å². The van der Waals surface area contributed by atoms with Crippen LogP contribution in [0.5, 0.6) is 0 Å². The Labute approximate surface area is 156 Å². The van der Waals surface area contributed by atoms with Gasteiger partial charge in [-0.1, -0.05) is 41.4 Å². The van der Waals surface area contributed by atoms with Crippen LogP contribution in [-0.4, -0.2) is 15.0 Å². The molecule has 0 saturated carbocycles. The van der Waals surface area contributed by atoms with Crippen molar-refractivity contribution in [2.24, 2.45) is 0 Å². The van der Waals surface area contributed by atoms with Gasteiger partial charge in [-0.25, -0.2) is 19.3 Å². The summed E-state index contributed by atoms with van der Waals surface area (Å²) >= 11 is 13.7. The second-order valence-corrected chi connectivity index (χ2v) is 7.09. The molecule has 0 aliphatic rings. The summed E-state index contributed by atoms with van der Waals surface area (Å²) in [5.74, 6) is -0.495. The van der Waals surface area contributed by atoms with Gasteiger partial charge < -0.3 is 5.73 Å². The fraction of sp³-hybridized carbons (Fsp3) is 0. The Hall–Kier alpha value is -2.28. The number of halogens is 3. The van der Waals surface area contributed by atoms with Crippen LogP contribution >= 0.6 is 34.5 Å². The summed E-state index contributed by atoms with van der Waals surface area (Å²) in [6.45, 7) is 0. The van der Waals surface area contributed by atoms with E-state index in [0.29, 0.717) is 15.1 Å². The predicted molar refractivity (Wildman–Crippen MR) is 100 cm³/mol. The number of nitrogen functional groups attached to an aromatic ring is 1. The summed E-state index contributed by atoms with van der Waals surface area (Å²) in [7, 11) is 0. The number of rotatable bonds is 2. The molecule has 0 bridgehead atoms. The molecular weight excluding hydrogens is 382 g/mol. The molecule has 2 N–H and O–H groups in total. The van der Waals surface area contributed by atoms with Crippen LogP contribution in [0.4, 0.5) is 10.3 Å². The standard InChI is InChI=1S/C17H9Cl2FN4S/c18-11-6-22-14(19)5-10(11)9-3-1-2-8-4-13(25-16(8)9)15-12(20)7-23-17(21)24-15/h1-7H,(H2,21,23,24). The minimum absolute atomic E-state index is 0.0260. The summed E-state index contributed by atoms with van der Waals surface area (Å²) in [5, 5.41) is 1.78. The lowest BCUT2D eigenvalue weighted by molar-refractivity contribution is 0.619. The number of nitrogens with two attached hydrogens (primary N) is 1. The van der Waals surface area contributed by atoms with Gasteiger partial charge in [-0.3, -0.25) is 0 Å². The first-order valence-corrected chi connectivity index (χ1v) is 8.72. The average Bonchev–Trinajstić information content (AvgIpc) is 3.03. The van der Waals surface area contributed by atoms with E-state index >= 15 is 0 Å². The van der Waals surface area contributed by atoms with Crippen LogP contribution in [-0.2, 0) is 0 Å². The van der Waals surface area contributed by atoms with Gasteiger partial charge in [-0.05, 0) is 17.5 Å². The minimum atomic E-state index is -0.521. The highest BCUT2D eigenvalue weighted by Crippen LogP contribution is 2.41. The van der Waals surface area contributed by atoms with Crippen molar-refractivity contribution >= 4 is 50.6 Å². The van der Waals surface area contributed by atoms with Crippen molar-refractivity contribution in [1.82, 2.24) is 15.0 Å². The van der Waals surface area contributed by atoms with Gasteiger partial charge in [0.05, 0.1) is 16.1 Å². The number of hydrogen-bond donors (Lipinski definition) is 1. The maximum absolute atomic E-state index is 14.1. The number of benzene rings is 1. The molecule has 0 spiro atoms. The molecule has 1 aromatic carbocycles. The van der Waals surface area contributed by atoms with E-state index in [4.69, 9.17) is 28.9 Å². The number of hydrogen-bond acceptors (Lipinski definition) is 5. The van der Waals surface area contributed by atoms with E-state index in [9.17, 15) is 4.39 Å². The van der Waals surface area contributed by atoms with Crippen LogP contribution in [0, 0.1) is 5.82 Å². The maximum atomic E-state index is 14.1. The number of aromatic nitrogens is 3. The minimum Gasteiger partial charge on any atom is -0.368 e. The quantitative estimate of drug-likeness (QED) is 0.462. The molecule has 4 nitrogen and oxygen atoms in total. The third kappa shape index (κ3) is 2.93. The Morgan fingerprint density at radius 3 is 2.72 bits per heavy atom.